The van der Waals surface area contributed by atoms with Gasteiger partial charge >= 0.3 is 5.97 Å². The smallest absolute Gasteiger partial charge is 0.335 e. The predicted molar refractivity (Wildman–Crippen MR) is 60.7 cm³/mol. The summed E-state index contributed by atoms with van der Waals surface area (Å²) in [7, 11) is 0. The molecule has 2 aliphatic rings. The molecule has 1 aliphatic heterocycles. The molecule has 3 rings (SSSR count). The van der Waals surface area contributed by atoms with Crippen LogP contribution in [0.25, 0.3) is 0 Å². The average Bonchev–Trinajstić information content (AvgIpc) is 2.84. The molecule has 0 radical (unpaired) electrons. The quantitative estimate of drug-likeness (QED) is 0.748. The summed E-state index contributed by atoms with van der Waals surface area (Å²) in [5.74, 6) is -0.826. The number of aromatic carboxylic acids is 1. The topological polar surface area (TPSA) is 49.3 Å². The number of rotatable bonds is 1. The van der Waals surface area contributed by atoms with Gasteiger partial charge < -0.3 is 10.4 Å². The highest BCUT2D eigenvalue weighted by molar-refractivity contribution is 5.88. The number of hydrogen-bond donors (Lipinski definition) is 2. The Bertz CT molecular complexity index is 447. The second-order valence-corrected chi connectivity index (χ2v) is 5.07. The Morgan fingerprint density at radius 2 is 2.12 bits per heavy atom. The van der Waals surface area contributed by atoms with Crippen LogP contribution < -0.4 is 5.32 Å². The van der Waals surface area contributed by atoms with E-state index < -0.39 is 5.97 Å². The second kappa shape index (κ2) is 3.32. The molecule has 1 heterocycles. The van der Waals surface area contributed by atoms with E-state index in [1.165, 1.54) is 17.5 Å². The average molecular weight is 217 g/mol. The number of carboxylic acids is 1. The SMILES string of the molecule is O=C(O)c1ccc2c(c1)C[C@]1(CCNC1)C2. The van der Waals surface area contributed by atoms with Crippen LogP contribution >= 0.6 is 0 Å². The van der Waals surface area contributed by atoms with Crippen molar-refractivity contribution in [3.8, 4) is 0 Å². The first kappa shape index (κ1) is 9.85. The summed E-state index contributed by atoms with van der Waals surface area (Å²) < 4.78 is 0. The number of carbonyl (C=O) groups is 1. The molecule has 16 heavy (non-hydrogen) atoms. The van der Waals surface area contributed by atoms with Crippen LogP contribution in [0.1, 0.15) is 27.9 Å². The van der Waals surface area contributed by atoms with Gasteiger partial charge in [0, 0.05) is 6.54 Å². The molecule has 1 aromatic carbocycles. The van der Waals surface area contributed by atoms with Crippen LogP contribution in [-0.4, -0.2) is 24.2 Å². The molecule has 1 aliphatic carbocycles. The van der Waals surface area contributed by atoms with E-state index in [0.717, 1.165) is 25.9 Å². The molecule has 0 unspecified atom stereocenters. The number of carboxylic acid groups (broad SMARTS) is 1. The summed E-state index contributed by atoms with van der Waals surface area (Å²) >= 11 is 0. The Kier molecular flexibility index (Phi) is 2.04. The van der Waals surface area contributed by atoms with Gasteiger partial charge in [0.25, 0.3) is 0 Å². The molecule has 0 saturated carbocycles. The Morgan fingerprint density at radius 1 is 1.31 bits per heavy atom. The molecule has 0 aromatic heterocycles. The summed E-state index contributed by atoms with van der Waals surface area (Å²) in [6, 6.07) is 5.57. The molecule has 3 heteroatoms. The van der Waals surface area contributed by atoms with Crippen molar-refractivity contribution in [2.45, 2.75) is 19.3 Å². The van der Waals surface area contributed by atoms with E-state index in [9.17, 15) is 4.79 Å². The van der Waals surface area contributed by atoms with Crippen LogP contribution in [0.3, 0.4) is 0 Å². The second-order valence-electron chi connectivity index (χ2n) is 5.07. The molecular weight excluding hydrogens is 202 g/mol. The van der Waals surface area contributed by atoms with Crippen LogP contribution in [0.15, 0.2) is 18.2 Å². The third-order valence-corrected chi connectivity index (χ3v) is 3.92. The van der Waals surface area contributed by atoms with Gasteiger partial charge in [-0.05, 0) is 54.5 Å². The van der Waals surface area contributed by atoms with Crippen molar-refractivity contribution >= 4 is 5.97 Å². The molecule has 1 aromatic rings. The minimum absolute atomic E-state index is 0.374. The first-order chi connectivity index (χ1) is 7.69. The largest absolute Gasteiger partial charge is 0.478 e. The Morgan fingerprint density at radius 3 is 2.81 bits per heavy atom. The van der Waals surface area contributed by atoms with E-state index in [1.807, 2.05) is 12.1 Å². The number of nitrogens with one attached hydrogen (secondary N) is 1. The van der Waals surface area contributed by atoms with Gasteiger partial charge in [0.1, 0.15) is 0 Å². The van der Waals surface area contributed by atoms with Crippen molar-refractivity contribution in [1.29, 1.82) is 0 Å². The molecule has 3 nitrogen and oxygen atoms in total. The lowest BCUT2D eigenvalue weighted by Gasteiger charge is -2.20. The van der Waals surface area contributed by atoms with Gasteiger partial charge in [-0.15, -0.1) is 0 Å². The molecule has 1 saturated heterocycles. The first-order valence-electron chi connectivity index (χ1n) is 5.74. The van der Waals surface area contributed by atoms with E-state index in [0.29, 0.717) is 11.0 Å². The minimum atomic E-state index is -0.826. The minimum Gasteiger partial charge on any atom is -0.478 e. The van der Waals surface area contributed by atoms with Gasteiger partial charge in [-0.3, -0.25) is 0 Å². The highest BCUT2D eigenvalue weighted by Crippen LogP contribution is 2.41. The molecule has 1 fully saturated rings. The maximum absolute atomic E-state index is 10.9. The molecule has 0 amide bonds. The zero-order chi connectivity index (χ0) is 11.2. The van der Waals surface area contributed by atoms with Crippen molar-refractivity contribution in [2.24, 2.45) is 5.41 Å². The fraction of sp³-hybridized carbons (Fsp3) is 0.462. The van der Waals surface area contributed by atoms with Gasteiger partial charge in [-0.25, -0.2) is 4.79 Å². The number of fused-ring (bicyclic) bond motifs is 1. The fourth-order valence-corrected chi connectivity index (χ4v) is 3.06. The molecule has 0 bridgehead atoms. The van der Waals surface area contributed by atoms with Crippen molar-refractivity contribution in [1.82, 2.24) is 5.32 Å². The van der Waals surface area contributed by atoms with Crippen molar-refractivity contribution in [2.75, 3.05) is 13.1 Å². The normalized spacial score (nSPS) is 27.2. The standard InChI is InChI=1S/C13H15NO2/c15-12(16)9-1-2-10-6-13(3-4-14-8-13)7-11(10)5-9/h1-2,5,14H,3-4,6-8H2,(H,15,16)/t13-/m0/s1. The van der Waals surface area contributed by atoms with Crippen LogP contribution in [0, 0.1) is 5.41 Å². The van der Waals surface area contributed by atoms with Crippen molar-refractivity contribution in [3.63, 3.8) is 0 Å². The number of benzene rings is 1. The van der Waals surface area contributed by atoms with E-state index in [1.54, 1.807) is 6.07 Å². The first-order valence-corrected chi connectivity index (χ1v) is 5.74. The van der Waals surface area contributed by atoms with E-state index >= 15 is 0 Å². The van der Waals surface area contributed by atoms with Gasteiger partial charge in [-0.2, -0.15) is 0 Å². The molecule has 1 atom stereocenters. The van der Waals surface area contributed by atoms with Gasteiger partial charge in [-0.1, -0.05) is 6.07 Å². The molecule has 84 valence electrons. The van der Waals surface area contributed by atoms with Crippen LogP contribution in [-0.2, 0) is 12.8 Å². The molecule has 2 N–H and O–H groups in total. The third kappa shape index (κ3) is 1.43. The lowest BCUT2D eigenvalue weighted by molar-refractivity contribution is 0.0696. The third-order valence-electron chi connectivity index (χ3n) is 3.92. The Labute approximate surface area is 94.5 Å². The zero-order valence-electron chi connectivity index (χ0n) is 9.12. The van der Waals surface area contributed by atoms with E-state index in [2.05, 4.69) is 5.32 Å². The van der Waals surface area contributed by atoms with Crippen LogP contribution in [0.2, 0.25) is 0 Å². The molecular formula is C13H15NO2. The predicted octanol–water partition coefficient (Wildman–Crippen LogP) is 1.46. The highest BCUT2D eigenvalue weighted by Gasteiger charge is 2.39. The lowest BCUT2D eigenvalue weighted by atomic mass is 9.84. The summed E-state index contributed by atoms with van der Waals surface area (Å²) in [6.07, 6.45) is 3.36. The van der Waals surface area contributed by atoms with Crippen LogP contribution in [0.4, 0.5) is 0 Å². The van der Waals surface area contributed by atoms with Gasteiger partial charge in [0.15, 0.2) is 0 Å². The maximum atomic E-state index is 10.9. The van der Waals surface area contributed by atoms with E-state index in [4.69, 9.17) is 5.11 Å². The number of hydrogen-bond acceptors (Lipinski definition) is 2. The van der Waals surface area contributed by atoms with Gasteiger partial charge in [0.05, 0.1) is 5.56 Å². The molecule has 1 spiro atoms. The van der Waals surface area contributed by atoms with Crippen LogP contribution in [0.5, 0.6) is 0 Å². The van der Waals surface area contributed by atoms with Crippen molar-refractivity contribution < 1.29 is 9.90 Å². The fourth-order valence-electron chi connectivity index (χ4n) is 3.06. The highest BCUT2D eigenvalue weighted by atomic mass is 16.4. The lowest BCUT2D eigenvalue weighted by Crippen LogP contribution is -2.24. The summed E-state index contributed by atoms with van der Waals surface area (Å²) in [5, 5.41) is 12.4. The monoisotopic (exact) mass is 217 g/mol. The summed E-state index contributed by atoms with van der Waals surface area (Å²) in [6.45, 7) is 2.17. The summed E-state index contributed by atoms with van der Waals surface area (Å²) in [4.78, 5) is 10.9. The van der Waals surface area contributed by atoms with Gasteiger partial charge in [0.2, 0.25) is 0 Å². The van der Waals surface area contributed by atoms with Crippen molar-refractivity contribution in [3.05, 3.63) is 34.9 Å². The maximum Gasteiger partial charge on any atom is 0.335 e. The summed E-state index contributed by atoms with van der Waals surface area (Å²) in [5.41, 5.74) is 3.37. The Hall–Kier alpha value is -1.35. The zero-order valence-corrected chi connectivity index (χ0v) is 9.12. The Balaban J connectivity index is 1.94. The van der Waals surface area contributed by atoms with E-state index in [-0.39, 0.29) is 0 Å².